The average molecular weight is 795 g/mol. The van der Waals surface area contributed by atoms with Crippen molar-refractivity contribution in [2.45, 2.75) is 169 Å². The van der Waals surface area contributed by atoms with Crippen molar-refractivity contribution < 1.29 is 59.3 Å². The third-order valence-electron chi connectivity index (χ3n) is 7.62. The molecule has 0 aliphatic rings. The van der Waals surface area contributed by atoms with Gasteiger partial charge in [0.15, 0.2) is 12.6 Å². The van der Waals surface area contributed by atoms with E-state index in [9.17, 15) is 19.2 Å². The van der Waals surface area contributed by atoms with Crippen molar-refractivity contribution in [3.05, 3.63) is 71.8 Å². The number of aliphatic carboxylic acids is 2. The second-order valence-corrected chi connectivity index (χ2v) is 13.0. The fourth-order valence-corrected chi connectivity index (χ4v) is 4.54. The molecule has 0 unspecified atom stereocenters. The number of unbranched alkanes of at least 4 members (excludes halogenated alkanes) is 11. The lowest BCUT2D eigenvalue weighted by Crippen LogP contribution is -2.15. The lowest BCUT2D eigenvalue weighted by atomic mass is 10.1. The van der Waals surface area contributed by atoms with Gasteiger partial charge in [-0.2, -0.15) is 0 Å². The van der Waals surface area contributed by atoms with Gasteiger partial charge in [-0.25, -0.2) is 9.59 Å². The maximum absolute atomic E-state index is 12.4. The largest absolute Gasteiger partial charge is 0.481 e. The maximum atomic E-state index is 12.4. The highest BCUT2D eigenvalue weighted by Crippen LogP contribution is 2.14. The fraction of sp³-hybridized carbons (Fsp3) is 0.636. The predicted molar refractivity (Wildman–Crippen MR) is 220 cm³/mol. The van der Waals surface area contributed by atoms with Gasteiger partial charge in [-0.3, -0.25) is 9.59 Å². The molecule has 2 aromatic carbocycles. The summed E-state index contributed by atoms with van der Waals surface area (Å²) in [6, 6.07) is 18.7. The lowest BCUT2D eigenvalue weighted by Gasteiger charge is -2.10. The summed E-state index contributed by atoms with van der Waals surface area (Å²) in [6.07, 6.45) is 15.1. The van der Waals surface area contributed by atoms with Crippen LogP contribution in [-0.2, 0) is 19.1 Å². The molecule has 0 aliphatic carbocycles. The van der Waals surface area contributed by atoms with Crippen molar-refractivity contribution in [2.24, 2.45) is 0 Å². The summed E-state index contributed by atoms with van der Waals surface area (Å²) >= 11 is 0. The maximum Gasteiger partial charge on any atom is 0.339 e. The lowest BCUT2D eigenvalue weighted by molar-refractivity contribution is -0.139. The van der Waals surface area contributed by atoms with Crippen LogP contribution in [0.1, 0.15) is 177 Å². The Morgan fingerprint density at radius 2 is 0.750 bits per heavy atom. The fourth-order valence-electron chi connectivity index (χ4n) is 4.54. The molecule has 0 radical (unpaired) electrons. The highest BCUT2D eigenvalue weighted by atomic mass is 16.5. The summed E-state index contributed by atoms with van der Waals surface area (Å²) in [5.41, 5.74) is 0.586. The zero-order chi connectivity index (χ0) is 42.7. The number of ether oxygens (including phenoxy) is 2. The van der Waals surface area contributed by atoms with E-state index in [1.807, 2.05) is 50.2 Å². The van der Waals surface area contributed by atoms with E-state index in [1.54, 1.807) is 24.3 Å². The third kappa shape index (κ3) is 44.6. The SMILES string of the molecule is CCCC(O)O.CCCC(O)O.CCCCCCCCOC(=O)c1ccccc1C(=O)OCCCCCCCC.O=C(O)CCCCC(=O)O.c1ccccc1. The Balaban J connectivity index is -0.000000803. The van der Waals surface area contributed by atoms with Crippen LogP contribution in [-0.4, -0.2) is 80.3 Å². The molecule has 0 aliphatic heterocycles. The van der Waals surface area contributed by atoms with Crippen LogP contribution >= 0.6 is 0 Å². The zero-order valence-electron chi connectivity index (χ0n) is 34.6. The van der Waals surface area contributed by atoms with Crippen LogP contribution in [0, 0.1) is 0 Å². The number of aliphatic hydroxyl groups excluding tert-OH is 2. The van der Waals surface area contributed by atoms with Crippen LogP contribution in [0.15, 0.2) is 60.7 Å². The molecule has 0 saturated carbocycles. The van der Waals surface area contributed by atoms with Gasteiger partial charge in [0.25, 0.3) is 0 Å². The van der Waals surface area contributed by atoms with Crippen molar-refractivity contribution in [1.29, 1.82) is 0 Å². The van der Waals surface area contributed by atoms with E-state index < -0.39 is 36.5 Å². The third-order valence-corrected chi connectivity index (χ3v) is 7.62. The first kappa shape index (κ1) is 56.5. The first-order valence-electron chi connectivity index (χ1n) is 20.5. The Hall–Kier alpha value is -3.84. The number of carboxylic acids is 2. The number of rotatable bonds is 25. The van der Waals surface area contributed by atoms with Gasteiger partial charge in [-0.05, 0) is 50.7 Å². The number of aliphatic hydroxyl groups is 4. The molecular weight excluding hydrogens is 720 g/mol. The van der Waals surface area contributed by atoms with Crippen LogP contribution in [0.3, 0.4) is 0 Å². The molecule has 2 rings (SSSR count). The number of carbonyl (C=O) groups excluding carboxylic acids is 2. The molecule has 322 valence electrons. The minimum absolute atomic E-state index is 0.0628. The summed E-state index contributed by atoms with van der Waals surface area (Å²) in [7, 11) is 0. The van der Waals surface area contributed by atoms with Crippen LogP contribution in [0.25, 0.3) is 0 Å². The smallest absolute Gasteiger partial charge is 0.339 e. The Kier molecular flexibility index (Phi) is 44.3. The van der Waals surface area contributed by atoms with E-state index in [4.69, 9.17) is 40.1 Å². The molecular formula is C44H74O12. The topological polar surface area (TPSA) is 208 Å². The summed E-state index contributed by atoms with van der Waals surface area (Å²) in [4.78, 5) is 44.5. The molecule has 0 heterocycles. The molecule has 0 fully saturated rings. The molecule has 12 heteroatoms. The second-order valence-electron chi connectivity index (χ2n) is 13.0. The van der Waals surface area contributed by atoms with Crippen molar-refractivity contribution in [3.8, 4) is 0 Å². The molecule has 2 aromatic rings. The van der Waals surface area contributed by atoms with Gasteiger partial charge in [0, 0.05) is 12.8 Å². The number of hydrogen-bond donors (Lipinski definition) is 6. The van der Waals surface area contributed by atoms with E-state index in [0.29, 0.717) is 50.0 Å². The minimum atomic E-state index is -1.10. The Bertz CT molecular complexity index is 1070. The predicted octanol–water partition coefficient (Wildman–Crippen LogP) is 9.32. The molecule has 0 aromatic heterocycles. The molecule has 0 bridgehead atoms. The van der Waals surface area contributed by atoms with Crippen LogP contribution in [0.4, 0.5) is 0 Å². The van der Waals surface area contributed by atoms with E-state index in [1.165, 1.54) is 51.4 Å². The molecule has 12 nitrogen and oxygen atoms in total. The summed E-state index contributed by atoms with van der Waals surface area (Å²) in [5, 5.41) is 48.7. The van der Waals surface area contributed by atoms with Gasteiger partial charge >= 0.3 is 23.9 Å². The second kappa shape index (κ2) is 43.9. The quantitative estimate of drug-likeness (QED) is 0.0316. The van der Waals surface area contributed by atoms with Gasteiger partial charge in [0.05, 0.1) is 24.3 Å². The highest BCUT2D eigenvalue weighted by molar-refractivity contribution is 6.03. The van der Waals surface area contributed by atoms with E-state index in [-0.39, 0.29) is 12.8 Å². The van der Waals surface area contributed by atoms with Crippen LogP contribution in [0.5, 0.6) is 0 Å². The summed E-state index contributed by atoms with van der Waals surface area (Å²) < 4.78 is 10.7. The van der Waals surface area contributed by atoms with Crippen molar-refractivity contribution in [3.63, 3.8) is 0 Å². The summed E-state index contributed by atoms with van der Waals surface area (Å²) in [5.74, 6) is -2.63. The van der Waals surface area contributed by atoms with E-state index in [2.05, 4.69) is 13.8 Å². The van der Waals surface area contributed by atoms with Crippen molar-refractivity contribution in [1.82, 2.24) is 0 Å². The number of carbonyl (C=O) groups is 4. The summed E-state index contributed by atoms with van der Waals surface area (Å²) in [6.45, 7) is 8.98. The molecule has 0 spiro atoms. The van der Waals surface area contributed by atoms with Crippen LogP contribution in [0.2, 0.25) is 0 Å². The molecule has 0 atom stereocenters. The Morgan fingerprint density at radius 3 is 1.00 bits per heavy atom. The molecule has 0 amide bonds. The van der Waals surface area contributed by atoms with E-state index >= 15 is 0 Å². The van der Waals surface area contributed by atoms with Gasteiger partial charge < -0.3 is 40.1 Å². The monoisotopic (exact) mass is 795 g/mol. The normalized spacial score (nSPS) is 9.96. The van der Waals surface area contributed by atoms with Crippen molar-refractivity contribution >= 4 is 23.9 Å². The highest BCUT2D eigenvalue weighted by Gasteiger charge is 2.18. The first-order valence-corrected chi connectivity index (χ1v) is 20.5. The van der Waals surface area contributed by atoms with Gasteiger partial charge in [0.1, 0.15) is 0 Å². The van der Waals surface area contributed by atoms with Crippen molar-refractivity contribution in [2.75, 3.05) is 13.2 Å². The minimum Gasteiger partial charge on any atom is -0.481 e. The van der Waals surface area contributed by atoms with E-state index in [0.717, 1.165) is 38.5 Å². The molecule has 0 saturated heterocycles. The van der Waals surface area contributed by atoms with Gasteiger partial charge in [0.2, 0.25) is 0 Å². The number of esters is 2. The molecule has 56 heavy (non-hydrogen) atoms. The zero-order valence-corrected chi connectivity index (χ0v) is 34.6. The molecule has 6 N–H and O–H groups in total. The Morgan fingerprint density at radius 1 is 0.446 bits per heavy atom. The number of carboxylic acid groups (broad SMARTS) is 2. The van der Waals surface area contributed by atoms with Crippen LogP contribution < -0.4 is 0 Å². The number of hydrogen-bond acceptors (Lipinski definition) is 10. The Labute approximate surface area is 336 Å². The van der Waals surface area contributed by atoms with Gasteiger partial charge in [-0.1, -0.05) is 153 Å². The average Bonchev–Trinajstić information content (AvgIpc) is 3.17. The standard InChI is InChI=1S/C24H38O4.C6H10O4.C6H6.2C4H10O2/c1-3-5-7-9-11-15-19-27-23(25)21-17-13-14-18-22(21)24(26)28-20-16-12-10-8-6-4-2;7-5(8)3-1-2-4-6(9)10;1-2-4-6-5-3-1;2*1-2-3-4(5)6/h13-14,17-18H,3-12,15-16,19-20H2,1-2H3;1-4H2,(H,7,8)(H,9,10);1-6H;2*4-6H,2-3H2,1H3. The number of benzene rings is 2. The van der Waals surface area contributed by atoms with Gasteiger partial charge in [-0.15, -0.1) is 0 Å². The first-order chi connectivity index (χ1) is 26.9.